The van der Waals surface area contributed by atoms with Gasteiger partial charge in [-0.3, -0.25) is 4.79 Å². The number of carbonyl (C=O) groups excluding carboxylic acids is 2. The summed E-state index contributed by atoms with van der Waals surface area (Å²) in [5.74, 6) is -0.287. The van der Waals surface area contributed by atoms with E-state index in [1.54, 1.807) is 17.9 Å². The molecular formula is C27H35FN4O6. The molecule has 4 rings (SSSR count). The number of amides is 2. The van der Waals surface area contributed by atoms with Crippen LogP contribution in [-0.2, 0) is 20.7 Å². The van der Waals surface area contributed by atoms with E-state index in [2.05, 4.69) is 15.3 Å². The van der Waals surface area contributed by atoms with Crippen LogP contribution in [0, 0.1) is 12.7 Å². The predicted molar refractivity (Wildman–Crippen MR) is 136 cm³/mol. The van der Waals surface area contributed by atoms with E-state index in [4.69, 9.17) is 18.9 Å². The maximum absolute atomic E-state index is 14.8. The van der Waals surface area contributed by atoms with Gasteiger partial charge >= 0.3 is 6.09 Å². The van der Waals surface area contributed by atoms with Crippen molar-refractivity contribution in [1.29, 1.82) is 0 Å². The first-order chi connectivity index (χ1) is 18.3. The number of rotatable bonds is 9. The highest BCUT2D eigenvalue weighted by Gasteiger charge is 2.26. The minimum absolute atomic E-state index is 0.0155. The number of carbonyl (C=O) groups is 2. The second kappa shape index (κ2) is 12.9. The number of hydrogen-bond donors (Lipinski definition) is 1. The molecule has 1 aromatic heterocycles. The summed E-state index contributed by atoms with van der Waals surface area (Å²) in [5, 5.41) is 2.84. The van der Waals surface area contributed by atoms with Gasteiger partial charge in [-0.1, -0.05) is 6.07 Å². The molecule has 2 fully saturated rings. The van der Waals surface area contributed by atoms with Gasteiger partial charge in [0.2, 0.25) is 17.7 Å². The van der Waals surface area contributed by atoms with E-state index in [-0.39, 0.29) is 48.4 Å². The van der Waals surface area contributed by atoms with Crippen LogP contribution in [0.1, 0.15) is 50.7 Å². The summed E-state index contributed by atoms with van der Waals surface area (Å²) in [7, 11) is 0. The van der Waals surface area contributed by atoms with E-state index in [1.165, 1.54) is 18.5 Å². The van der Waals surface area contributed by atoms with Gasteiger partial charge in [-0.2, -0.15) is 0 Å². The number of hydrogen-bond acceptors (Lipinski definition) is 8. The number of piperidine rings is 1. The highest BCUT2D eigenvalue weighted by Crippen LogP contribution is 2.31. The fourth-order valence-electron chi connectivity index (χ4n) is 4.35. The summed E-state index contributed by atoms with van der Waals surface area (Å²) >= 11 is 0. The molecule has 0 aliphatic carbocycles. The van der Waals surface area contributed by atoms with Gasteiger partial charge in [0.1, 0.15) is 12.4 Å². The SMILES string of the molecule is Cc1c(Oc2ccc(CC(=O)NCC3CCCO3)cc2F)ncnc1OC1CCN(C(=O)OC(C)C)CC1. The number of benzene rings is 1. The molecule has 1 aromatic carbocycles. The number of likely N-dealkylation sites (tertiary alicyclic amines) is 1. The third kappa shape index (κ3) is 7.53. The number of nitrogens with one attached hydrogen (secondary N) is 1. The van der Waals surface area contributed by atoms with Gasteiger partial charge in [-0.15, -0.1) is 0 Å². The molecule has 11 heteroatoms. The Kier molecular flexibility index (Phi) is 9.33. The fourth-order valence-corrected chi connectivity index (χ4v) is 4.35. The van der Waals surface area contributed by atoms with Gasteiger partial charge in [0.15, 0.2) is 11.6 Å². The Labute approximate surface area is 221 Å². The van der Waals surface area contributed by atoms with Gasteiger partial charge in [0.25, 0.3) is 0 Å². The van der Waals surface area contributed by atoms with E-state index in [0.717, 1.165) is 19.4 Å². The first kappa shape index (κ1) is 27.6. The van der Waals surface area contributed by atoms with Crippen molar-refractivity contribution in [2.75, 3.05) is 26.2 Å². The minimum Gasteiger partial charge on any atom is -0.474 e. The molecule has 1 N–H and O–H groups in total. The van der Waals surface area contributed by atoms with Crippen molar-refractivity contribution in [1.82, 2.24) is 20.2 Å². The highest BCUT2D eigenvalue weighted by atomic mass is 19.1. The highest BCUT2D eigenvalue weighted by molar-refractivity contribution is 5.78. The number of nitrogens with zero attached hydrogens (tertiary/aromatic N) is 3. The molecule has 2 aromatic rings. The van der Waals surface area contributed by atoms with Crippen molar-refractivity contribution in [3.63, 3.8) is 0 Å². The second-order valence-corrected chi connectivity index (χ2v) is 9.83. The van der Waals surface area contributed by atoms with Crippen LogP contribution in [0.5, 0.6) is 17.5 Å². The van der Waals surface area contributed by atoms with Crippen LogP contribution in [0.4, 0.5) is 9.18 Å². The summed E-state index contributed by atoms with van der Waals surface area (Å²) in [5.41, 5.74) is 1.07. The minimum atomic E-state index is -0.601. The zero-order chi connectivity index (χ0) is 27.1. The molecule has 0 spiro atoms. The molecule has 1 atom stereocenters. The Morgan fingerprint density at radius 1 is 1.18 bits per heavy atom. The zero-order valence-electron chi connectivity index (χ0n) is 22.1. The van der Waals surface area contributed by atoms with E-state index in [9.17, 15) is 14.0 Å². The van der Waals surface area contributed by atoms with E-state index in [0.29, 0.717) is 49.5 Å². The van der Waals surface area contributed by atoms with Gasteiger partial charge in [-0.05, 0) is 51.3 Å². The van der Waals surface area contributed by atoms with Crippen molar-refractivity contribution < 1.29 is 32.9 Å². The van der Waals surface area contributed by atoms with Crippen LogP contribution in [0.25, 0.3) is 0 Å². The molecular weight excluding hydrogens is 495 g/mol. The average molecular weight is 531 g/mol. The average Bonchev–Trinajstić information content (AvgIpc) is 3.40. The molecule has 1 unspecified atom stereocenters. The van der Waals surface area contributed by atoms with Gasteiger partial charge < -0.3 is 29.2 Å². The summed E-state index contributed by atoms with van der Waals surface area (Å²) in [6.45, 7) is 7.61. The molecule has 2 aliphatic heterocycles. The molecule has 10 nitrogen and oxygen atoms in total. The van der Waals surface area contributed by atoms with Crippen LogP contribution in [-0.4, -0.2) is 71.4 Å². The first-order valence-electron chi connectivity index (χ1n) is 13.1. The maximum Gasteiger partial charge on any atom is 0.410 e. The molecule has 0 radical (unpaired) electrons. The largest absolute Gasteiger partial charge is 0.474 e. The topological polar surface area (TPSA) is 112 Å². The molecule has 206 valence electrons. The lowest BCUT2D eigenvalue weighted by Crippen LogP contribution is -2.42. The monoisotopic (exact) mass is 530 g/mol. The Bertz CT molecular complexity index is 1120. The van der Waals surface area contributed by atoms with Crippen LogP contribution in [0.2, 0.25) is 0 Å². The van der Waals surface area contributed by atoms with Crippen LogP contribution < -0.4 is 14.8 Å². The molecule has 2 aliphatic rings. The predicted octanol–water partition coefficient (Wildman–Crippen LogP) is 3.94. The fraction of sp³-hybridized carbons (Fsp3) is 0.556. The van der Waals surface area contributed by atoms with Crippen molar-refractivity contribution in [2.45, 2.75) is 71.2 Å². The Balaban J connectivity index is 1.31. The van der Waals surface area contributed by atoms with Crippen LogP contribution >= 0.6 is 0 Å². The van der Waals surface area contributed by atoms with E-state index >= 15 is 0 Å². The van der Waals surface area contributed by atoms with Crippen LogP contribution in [0.3, 0.4) is 0 Å². The summed E-state index contributed by atoms with van der Waals surface area (Å²) in [6, 6.07) is 4.41. The number of aromatic nitrogens is 2. The lowest BCUT2D eigenvalue weighted by molar-refractivity contribution is -0.120. The molecule has 0 saturated carbocycles. The van der Waals surface area contributed by atoms with Crippen molar-refractivity contribution in [2.24, 2.45) is 0 Å². The van der Waals surface area contributed by atoms with Crippen molar-refractivity contribution in [3.8, 4) is 17.5 Å². The van der Waals surface area contributed by atoms with Crippen molar-refractivity contribution in [3.05, 3.63) is 41.5 Å². The molecule has 38 heavy (non-hydrogen) atoms. The quantitative estimate of drug-likeness (QED) is 0.519. The Morgan fingerprint density at radius 2 is 1.95 bits per heavy atom. The molecule has 3 heterocycles. The van der Waals surface area contributed by atoms with Gasteiger partial charge in [-0.25, -0.2) is 19.2 Å². The molecule has 2 amide bonds. The molecule has 2 saturated heterocycles. The maximum atomic E-state index is 14.8. The van der Waals surface area contributed by atoms with Gasteiger partial charge in [0.05, 0.1) is 24.2 Å². The smallest absolute Gasteiger partial charge is 0.410 e. The van der Waals surface area contributed by atoms with E-state index < -0.39 is 5.82 Å². The Hall–Kier alpha value is -3.47. The Morgan fingerprint density at radius 3 is 2.63 bits per heavy atom. The normalized spacial score (nSPS) is 17.9. The lowest BCUT2D eigenvalue weighted by Gasteiger charge is -2.31. The first-order valence-corrected chi connectivity index (χ1v) is 13.1. The summed E-state index contributed by atoms with van der Waals surface area (Å²) in [4.78, 5) is 34.3. The number of halogens is 1. The molecule has 0 bridgehead atoms. The van der Waals surface area contributed by atoms with Crippen LogP contribution in [0.15, 0.2) is 24.5 Å². The number of ether oxygens (including phenoxy) is 4. The summed E-state index contributed by atoms with van der Waals surface area (Å²) in [6.07, 6.45) is 3.99. The standard InChI is InChI=1S/C27H35FN4O6/c1-17(2)36-27(34)32-10-8-20(9-11-32)37-25-18(3)26(31-16-30-25)38-23-7-6-19(13-22(23)28)14-24(33)29-15-21-5-4-12-35-21/h6-7,13,16-17,20-21H,4-5,8-12,14-15H2,1-3H3,(H,29,33). The lowest BCUT2D eigenvalue weighted by atomic mass is 10.1. The van der Waals surface area contributed by atoms with Gasteiger partial charge in [0, 0.05) is 39.1 Å². The summed E-state index contributed by atoms with van der Waals surface area (Å²) < 4.78 is 37.4. The second-order valence-electron chi connectivity index (χ2n) is 9.83. The van der Waals surface area contributed by atoms with E-state index in [1.807, 2.05) is 13.8 Å². The zero-order valence-corrected chi connectivity index (χ0v) is 22.1. The third-order valence-electron chi connectivity index (χ3n) is 6.43. The van der Waals surface area contributed by atoms with Crippen molar-refractivity contribution >= 4 is 12.0 Å². The third-order valence-corrected chi connectivity index (χ3v) is 6.43.